The molecule has 0 saturated carbocycles. The Morgan fingerprint density at radius 2 is 1.71 bits per heavy atom. The summed E-state index contributed by atoms with van der Waals surface area (Å²) in [5.41, 5.74) is 6.41. The first-order valence-corrected chi connectivity index (χ1v) is 7.82. The van der Waals surface area contributed by atoms with Crippen molar-refractivity contribution in [3.05, 3.63) is 23.5 Å². The first kappa shape index (κ1) is 17.8. The van der Waals surface area contributed by atoms with Gasteiger partial charge in [-0.05, 0) is 24.6 Å². The summed E-state index contributed by atoms with van der Waals surface area (Å²) >= 11 is 0. The van der Waals surface area contributed by atoms with Gasteiger partial charge < -0.3 is 15.2 Å². The zero-order valence-electron chi connectivity index (χ0n) is 12.4. The summed E-state index contributed by atoms with van der Waals surface area (Å²) in [6.07, 6.45) is 0. The van der Waals surface area contributed by atoms with Crippen molar-refractivity contribution in [3.8, 4) is 0 Å². The van der Waals surface area contributed by atoms with E-state index in [9.17, 15) is 12.8 Å². The molecule has 21 heavy (non-hydrogen) atoms. The van der Waals surface area contributed by atoms with Crippen LogP contribution in [-0.2, 0) is 19.5 Å². The van der Waals surface area contributed by atoms with E-state index in [2.05, 4.69) is 0 Å². The molecular formula is C13H21FN2O4S. The number of ether oxygens (including phenoxy) is 2. The van der Waals surface area contributed by atoms with Gasteiger partial charge in [-0.3, -0.25) is 0 Å². The van der Waals surface area contributed by atoms with Crippen molar-refractivity contribution in [1.82, 2.24) is 4.31 Å². The van der Waals surface area contributed by atoms with Gasteiger partial charge in [-0.2, -0.15) is 4.31 Å². The number of nitrogens with zero attached hydrogens (tertiary/aromatic N) is 1. The number of sulfonamides is 1. The lowest BCUT2D eigenvalue weighted by atomic mass is 10.2. The lowest BCUT2D eigenvalue weighted by Gasteiger charge is -2.22. The molecule has 120 valence electrons. The summed E-state index contributed by atoms with van der Waals surface area (Å²) in [5.74, 6) is -0.818. The van der Waals surface area contributed by atoms with E-state index >= 15 is 0 Å². The summed E-state index contributed by atoms with van der Waals surface area (Å²) in [7, 11) is -1.07. The van der Waals surface area contributed by atoms with Crippen LogP contribution in [0.15, 0.2) is 17.0 Å². The summed E-state index contributed by atoms with van der Waals surface area (Å²) in [6.45, 7) is 2.23. The largest absolute Gasteiger partial charge is 0.398 e. The zero-order chi connectivity index (χ0) is 16.0. The smallest absolute Gasteiger partial charge is 0.246 e. The standard InChI is InChI=1S/C13H21FN2O4S/c1-10-8-11(14)13(9-12(10)15)21(17,18)16(4-6-19-2)5-7-20-3/h8-9H,4-7,15H2,1-3H3. The maximum absolute atomic E-state index is 14.0. The predicted octanol–water partition coefficient (Wildman–Crippen LogP) is 1.000. The van der Waals surface area contributed by atoms with Crippen molar-refractivity contribution in [2.45, 2.75) is 11.8 Å². The molecule has 1 aromatic rings. The molecule has 8 heteroatoms. The van der Waals surface area contributed by atoms with E-state index < -0.39 is 20.7 Å². The molecule has 0 aliphatic rings. The van der Waals surface area contributed by atoms with Crippen molar-refractivity contribution >= 4 is 15.7 Å². The Bertz CT molecular complexity index is 570. The molecule has 6 nitrogen and oxygen atoms in total. The molecule has 0 fully saturated rings. The number of hydrogen-bond acceptors (Lipinski definition) is 5. The van der Waals surface area contributed by atoms with Crippen LogP contribution in [0.4, 0.5) is 10.1 Å². The van der Waals surface area contributed by atoms with Crippen molar-refractivity contribution in [2.24, 2.45) is 0 Å². The average Bonchev–Trinajstić information content (AvgIpc) is 2.42. The molecule has 0 saturated heterocycles. The monoisotopic (exact) mass is 320 g/mol. The van der Waals surface area contributed by atoms with Gasteiger partial charge in [-0.15, -0.1) is 0 Å². The molecular weight excluding hydrogens is 299 g/mol. The number of rotatable bonds is 8. The van der Waals surface area contributed by atoms with Gasteiger partial charge in [0.25, 0.3) is 0 Å². The van der Waals surface area contributed by atoms with Crippen molar-refractivity contribution in [3.63, 3.8) is 0 Å². The second-order valence-electron chi connectivity index (χ2n) is 4.53. The molecule has 0 heterocycles. The molecule has 0 aliphatic carbocycles. The summed E-state index contributed by atoms with van der Waals surface area (Å²) in [5, 5.41) is 0. The fourth-order valence-corrected chi connectivity index (χ4v) is 3.23. The van der Waals surface area contributed by atoms with Gasteiger partial charge in [0, 0.05) is 33.0 Å². The number of nitrogen functional groups attached to an aromatic ring is 1. The van der Waals surface area contributed by atoms with Crippen LogP contribution in [0.1, 0.15) is 5.56 Å². The summed E-state index contributed by atoms with van der Waals surface area (Å²) < 4.78 is 50.0. The van der Waals surface area contributed by atoms with E-state index in [1.54, 1.807) is 6.92 Å². The SMILES string of the molecule is COCCN(CCOC)S(=O)(=O)c1cc(N)c(C)cc1F. The zero-order valence-corrected chi connectivity index (χ0v) is 13.2. The highest BCUT2D eigenvalue weighted by Gasteiger charge is 2.27. The van der Waals surface area contributed by atoms with Crippen LogP contribution in [-0.4, -0.2) is 53.2 Å². The fourth-order valence-electron chi connectivity index (χ4n) is 1.74. The number of aryl methyl sites for hydroxylation is 1. The molecule has 0 aliphatic heterocycles. The van der Waals surface area contributed by atoms with Crippen molar-refractivity contribution in [2.75, 3.05) is 46.3 Å². The van der Waals surface area contributed by atoms with Gasteiger partial charge in [0.1, 0.15) is 10.7 Å². The van der Waals surface area contributed by atoms with Crippen LogP contribution in [0.3, 0.4) is 0 Å². The average molecular weight is 320 g/mol. The van der Waals surface area contributed by atoms with Gasteiger partial charge in [0.2, 0.25) is 10.0 Å². The van der Waals surface area contributed by atoms with Crippen LogP contribution in [0.2, 0.25) is 0 Å². The van der Waals surface area contributed by atoms with E-state index in [0.29, 0.717) is 5.56 Å². The minimum Gasteiger partial charge on any atom is -0.398 e. The molecule has 0 aromatic heterocycles. The van der Waals surface area contributed by atoms with Crippen LogP contribution < -0.4 is 5.73 Å². The lowest BCUT2D eigenvalue weighted by Crippen LogP contribution is -2.37. The third kappa shape index (κ3) is 4.37. The predicted molar refractivity (Wildman–Crippen MR) is 78.1 cm³/mol. The number of halogens is 1. The second-order valence-corrected chi connectivity index (χ2v) is 6.44. The molecule has 0 unspecified atom stereocenters. The molecule has 0 spiro atoms. The van der Waals surface area contributed by atoms with Crippen LogP contribution >= 0.6 is 0 Å². The molecule has 0 radical (unpaired) electrons. The Morgan fingerprint density at radius 1 is 1.19 bits per heavy atom. The minimum atomic E-state index is -4.00. The normalized spacial score (nSPS) is 12.0. The number of nitrogens with two attached hydrogens (primary N) is 1. The molecule has 0 bridgehead atoms. The fraction of sp³-hybridized carbons (Fsp3) is 0.538. The van der Waals surface area contributed by atoms with E-state index in [4.69, 9.17) is 15.2 Å². The molecule has 0 atom stereocenters. The van der Waals surface area contributed by atoms with E-state index in [1.807, 2.05) is 0 Å². The Labute approximate surface area is 124 Å². The van der Waals surface area contributed by atoms with Gasteiger partial charge in [0.05, 0.1) is 13.2 Å². The first-order chi connectivity index (χ1) is 9.84. The van der Waals surface area contributed by atoms with E-state index in [1.165, 1.54) is 14.2 Å². The summed E-state index contributed by atoms with van der Waals surface area (Å²) in [4.78, 5) is -0.433. The lowest BCUT2D eigenvalue weighted by molar-refractivity contribution is 0.150. The minimum absolute atomic E-state index is 0.107. The Hall–Kier alpha value is -1.22. The molecule has 2 N–H and O–H groups in total. The summed E-state index contributed by atoms with van der Waals surface area (Å²) in [6, 6.07) is 2.26. The van der Waals surface area contributed by atoms with Gasteiger partial charge in [-0.25, -0.2) is 12.8 Å². The Balaban J connectivity index is 3.18. The first-order valence-electron chi connectivity index (χ1n) is 6.38. The highest BCUT2D eigenvalue weighted by atomic mass is 32.2. The Morgan fingerprint density at radius 3 is 2.19 bits per heavy atom. The van der Waals surface area contributed by atoms with E-state index in [-0.39, 0.29) is 32.0 Å². The molecule has 0 amide bonds. The van der Waals surface area contributed by atoms with Gasteiger partial charge in [0.15, 0.2) is 0 Å². The van der Waals surface area contributed by atoms with Crippen LogP contribution in [0.25, 0.3) is 0 Å². The van der Waals surface area contributed by atoms with Crippen LogP contribution in [0.5, 0.6) is 0 Å². The Kier molecular flexibility index (Phi) is 6.53. The highest BCUT2D eigenvalue weighted by molar-refractivity contribution is 7.89. The number of methoxy groups -OCH3 is 2. The topological polar surface area (TPSA) is 81.9 Å². The van der Waals surface area contributed by atoms with Crippen molar-refractivity contribution in [1.29, 1.82) is 0 Å². The third-order valence-electron chi connectivity index (χ3n) is 3.03. The van der Waals surface area contributed by atoms with Crippen LogP contribution in [0, 0.1) is 12.7 Å². The van der Waals surface area contributed by atoms with Gasteiger partial charge in [-0.1, -0.05) is 0 Å². The maximum Gasteiger partial charge on any atom is 0.246 e. The maximum atomic E-state index is 14.0. The van der Waals surface area contributed by atoms with Crippen molar-refractivity contribution < 1.29 is 22.3 Å². The molecule has 1 rings (SSSR count). The third-order valence-corrected chi connectivity index (χ3v) is 4.94. The van der Waals surface area contributed by atoms with Gasteiger partial charge >= 0.3 is 0 Å². The van der Waals surface area contributed by atoms with E-state index in [0.717, 1.165) is 16.4 Å². The number of benzene rings is 1. The highest BCUT2D eigenvalue weighted by Crippen LogP contribution is 2.24. The quantitative estimate of drug-likeness (QED) is 0.723. The number of anilines is 1. The molecule has 1 aromatic carbocycles. The number of hydrogen-bond donors (Lipinski definition) is 1. The second kappa shape index (κ2) is 7.69.